The Hall–Kier alpha value is -2.62. The zero-order valence-electron chi connectivity index (χ0n) is 10.4. The summed E-state index contributed by atoms with van der Waals surface area (Å²) in [6.45, 7) is 0. The second-order valence-corrected chi connectivity index (χ2v) is 4.26. The van der Waals surface area contributed by atoms with Crippen LogP contribution in [0.1, 0.15) is 20.7 Å². The summed E-state index contributed by atoms with van der Waals surface area (Å²) in [6.07, 6.45) is 0. The van der Waals surface area contributed by atoms with Gasteiger partial charge in [0.2, 0.25) is 0 Å². The van der Waals surface area contributed by atoms with Crippen LogP contribution >= 0.6 is 0 Å². The highest BCUT2D eigenvalue weighted by molar-refractivity contribution is 6.35. The molecular formula is C15H12N2O2. The van der Waals surface area contributed by atoms with Crippen LogP contribution in [0.5, 0.6) is 0 Å². The Morgan fingerprint density at radius 3 is 1.95 bits per heavy atom. The van der Waals surface area contributed by atoms with Crippen molar-refractivity contribution in [2.75, 3.05) is 17.3 Å². The fourth-order valence-corrected chi connectivity index (χ4v) is 2.29. The quantitative estimate of drug-likeness (QED) is 0.835. The van der Waals surface area contributed by atoms with Gasteiger partial charge in [0.1, 0.15) is 0 Å². The van der Waals surface area contributed by atoms with Crippen molar-refractivity contribution in [3.63, 3.8) is 0 Å². The van der Waals surface area contributed by atoms with Gasteiger partial charge in [0, 0.05) is 7.05 Å². The average Bonchev–Trinajstić information content (AvgIpc) is 2.71. The molecule has 0 saturated carbocycles. The summed E-state index contributed by atoms with van der Waals surface area (Å²) in [5.41, 5.74) is 2.24. The molecular weight excluding hydrogens is 240 g/mol. The molecule has 2 aromatic rings. The van der Waals surface area contributed by atoms with Crippen LogP contribution in [-0.4, -0.2) is 18.9 Å². The van der Waals surface area contributed by atoms with E-state index < -0.39 is 0 Å². The van der Waals surface area contributed by atoms with Crippen molar-refractivity contribution in [3.8, 4) is 0 Å². The number of carbonyl (C=O) groups excluding carboxylic acids is 2. The lowest BCUT2D eigenvalue weighted by molar-refractivity contribution is 0.0926. The van der Waals surface area contributed by atoms with Crippen LogP contribution in [0, 0.1) is 0 Å². The number of hydrogen-bond acceptors (Lipinski definition) is 3. The van der Waals surface area contributed by atoms with Crippen LogP contribution in [0.3, 0.4) is 0 Å². The fourth-order valence-electron chi connectivity index (χ4n) is 2.29. The van der Waals surface area contributed by atoms with Crippen molar-refractivity contribution in [2.24, 2.45) is 0 Å². The third kappa shape index (κ3) is 1.61. The standard InChI is InChI=1S/C15H12N2O2/c1-16-12-8-4-5-9-13(12)17-14(18)10-6-2-3-7-11(10)15(17)19/h2-9,16H,1H3. The third-order valence-electron chi connectivity index (χ3n) is 3.21. The number of nitrogens with zero attached hydrogens (tertiary/aromatic N) is 1. The molecule has 19 heavy (non-hydrogen) atoms. The first kappa shape index (κ1) is 11.5. The summed E-state index contributed by atoms with van der Waals surface area (Å²) in [6, 6.07) is 14.1. The predicted molar refractivity (Wildman–Crippen MR) is 73.6 cm³/mol. The molecule has 3 rings (SSSR count). The van der Waals surface area contributed by atoms with Crippen molar-refractivity contribution in [3.05, 3.63) is 59.7 Å². The number of amides is 2. The number of fused-ring (bicyclic) bond motifs is 1. The Morgan fingerprint density at radius 2 is 1.37 bits per heavy atom. The summed E-state index contributed by atoms with van der Waals surface area (Å²) in [7, 11) is 1.76. The van der Waals surface area contributed by atoms with Crippen LogP contribution in [0.2, 0.25) is 0 Å². The molecule has 2 amide bonds. The SMILES string of the molecule is CNc1ccccc1N1C(=O)c2ccccc2C1=O. The summed E-state index contributed by atoms with van der Waals surface area (Å²) < 4.78 is 0. The predicted octanol–water partition coefficient (Wildman–Crippen LogP) is 2.53. The summed E-state index contributed by atoms with van der Waals surface area (Å²) in [5, 5.41) is 2.99. The van der Waals surface area contributed by atoms with Gasteiger partial charge in [-0.15, -0.1) is 0 Å². The third-order valence-corrected chi connectivity index (χ3v) is 3.21. The number of carbonyl (C=O) groups is 2. The molecule has 1 heterocycles. The van der Waals surface area contributed by atoms with E-state index in [1.54, 1.807) is 43.4 Å². The number of nitrogens with one attached hydrogen (secondary N) is 1. The number of imide groups is 1. The fraction of sp³-hybridized carbons (Fsp3) is 0.0667. The van der Waals surface area contributed by atoms with Gasteiger partial charge in [-0.1, -0.05) is 24.3 Å². The molecule has 4 heteroatoms. The molecule has 0 aliphatic carbocycles. The van der Waals surface area contributed by atoms with Crippen molar-refractivity contribution in [2.45, 2.75) is 0 Å². The van der Waals surface area contributed by atoms with Crippen LogP contribution in [0.15, 0.2) is 48.5 Å². The van der Waals surface area contributed by atoms with Gasteiger partial charge in [0.15, 0.2) is 0 Å². The number of anilines is 2. The smallest absolute Gasteiger partial charge is 0.266 e. The van der Waals surface area contributed by atoms with Gasteiger partial charge < -0.3 is 5.32 Å². The van der Waals surface area contributed by atoms with E-state index in [-0.39, 0.29) is 11.8 Å². The molecule has 1 aliphatic rings. The molecule has 0 radical (unpaired) electrons. The van der Waals surface area contributed by atoms with Gasteiger partial charge >= 0.3 is 0 Å². The van der Waals surface area contributed by atoms with Crippen molar-refractivity contribution < 1.29 is 9.59 Å². The second-order valence-electron chi connectivity index (χ2n) is 4.26. The Morgan fingerprint density at radius 1 is 0.842 bits per heavy atom. The molecule has 0 spiro atoms. The minimum absolute atomic E-state index is 0.275. The zero-order chi connectivity index (χ0) is 13.4. The lowest BCUT2D eigenvalue weighted by Gasteiger charge is -2.17. The maximum atomic E-state index is 12.4. The molecule has 0 bridgehead atoms. The number of para-hydroxylation sites is 2. The Bertz CT molecular complexity index is 644. The van der Waals surface area contributed by atoms with Gasteiger partial charge in [-0.2, -0.15) is 0 Å². The van der Waals surface area contributed by atoms with E-state index >= 15 is 0 Å². The van der Waals surface area contributed by atoms with Gasteiger partial charge in [0.25, 0.3) is 11.8 Å². The Labute approximate surface area is 110 Å². The summed E-state index contributed by atoms with van der Waals surface area (Å²) >= 11 is 0. The van der Waals surface area contributed by atoms with Crippen LogP contribution in [0.25, 0.3) is 0 Å². The van der Waals surface area contributed by atoms with Crippen molar-refractivity contribution in [1.82, 2.24) is 0 Å². The van der Waals surface area contributed by atoms with Crippen molar-refractivity contribution >= 4 is 23.2 Å². The maximum absolute atomic E-state index is 12.4. The molecule has 4 nitrogen and oxygen atoms in total. The number of hydrogen-bond donors (Lipinski definition) is 1. The minimum atomic E-state index is -0.275. The van der Waals surface area contributed by atoms with E-state index in [0.717, 1.165) is 5.69 Å². The highest BCUT2D eigenvalue weighted by atomic mass is 16.2. The molecule has 1 N–H and O–H groups in total. The largest absolute Gasteiger partial charge is 0.386 e. The molecule has 0 aromatic heterocycles. The molecule has 0 fully saturated rings. The lowest BCUT2D eigenvalue weighted by atomic mass is 10.1. The molecule has 0 saturated heterocycles. The number of rotatable bonds is 2. The molecule has 2 aromatic carbocycles. The highest BCUT2D eigenvalue weighted by Crippen LogP contribution is 2.32. The normalized spacial score (nSPS) is 13.6. The lowest BCUT2D eigenvalue weighted by Crippen LogP contribution is -2.29. The maximum Gasteiger partial charge on any atom is 0.266 e. The summed E-state index contributed by atoms with van der Waals surface area (Å²) in [5.74, 6) is -0.549. The van der Waals surface area contributed by atoms with E-state index in [1.165, 1.54) is 4.90 Å². The van der Waals surface area contributed by atoms with E-state index in [4.69, 9.17) is 0 Å². The summed E-state index contributed by atoms with van der Waals surface area (Å²) in [4.78, 5) is 25.9. The molecule has 94 valence electrons. The van der Waals surface area contributed by atoms with E-state index in [9.17, 15) is 9.59 Å². The van der Waals surface area contributed by atoms with Crippen LogP contribution < -0.4 is 10.2 Å². The van der Waals surface area contributed by atoms with Gasteiger partial charge in [-0.25, -0.2) is 4.90 Å². The van der Waals surface area contributed by atoms with Gasteiger partial charge in [-0.3, -0.25) is 9.59 Å². The first-order chi connectivity index (χ1) is 9.24. The average molecular weight is 252 g/mol. The van der Waals surface area contributed by atoms with Crippen LogP contribution in [-0.2, 0) is 0 Å². The van der Waals surface area contributed by atoms with E-state index in [0.29, 0.717) is 16.8 Å². The Kier molecular flexibility index (Phi) is 2.56. The first-order valence-corrected chi connectivity index (χ1v) is 5.98. The molecule has 1 aliphatic heterocycles. The number of benzene rings is 2. The van der Waals surface area contributed by atoms with E-state index in [2.05, 4.69) is 5.32 Å². The van der Waals surface area contributed by atoms with E-state index in [1.807, 2.05) is 12.1 Å². The highest BCUT2D eigenvalue weighted by Gasteiger charge is 2.37. The first-order valence-electron chi connectivity index (χ1n) is 5.98. The molecule has 0 atom stereocenters. The van der Waals surface area contributed by atoms with Gasteiger partial charge in [0.05, 0.1) is 22.5 Å². The monoisotopic (exact) mass is 252 g/mol. The Balaban J connectivity index is 2.14. The van der Waals surface area contributed by atoms with Crippen molar-refractivity contribution in [1.29, 1.82) is 0 Å². The topological polar surface area (TPSA) is 49.4 Å². The van der Waals surface area contributed by atoms with Gasteiger partial charge in [-0.05, 0) is 24.3 Å². The zero-order valence-corrected chi connectivity index (χ0v) is 10.4. The minimum Gasteiger partial charge on any atom is -0.386 e. The second kappa shape index (κ2) is 4.24. The molecule has 0 unspecified atom stereocenters. The van der Waals surface area contributed by atoms with Crippen LogP contribution in [0.4, 0.5) is 11.4 Å².